The Morgan fingerprint density at radius 1 is 1.29 bits per heavy atom. The molecule has 94 valence electrons. The molecule has 1 aromatic rings. The number of anilines is 2. The lowest BCUT2D eigenvalue weighted by Gasteiger charge is -2.27. The number of hydrogen-bond acceptors (Lipinski definition) is 6. The third-order valence-electron chi connectivity index (χ3n) is 2.51. The van der Waals surface area contributed by atoms with Gasteiger partial charge in [0.15, 0.2) is 0 Å². The molecule has 0 unspecified atom stereocenters. The van der Waals surface area contributed by atoms with E-state index in [-0.39, 0.29) is 0 Å². The predicted octanol–water partition coefficient (Wildman–Crippen LogP) is 0.958. The normalized spacial score (nSPS) is 16.8. The van der Waals surface area contributed by atoms with Gasteiger partial charge in [-0.25, -0.2) is 15.0 Å². The molecule has 1 aliphatic rings. The number of rotatable bonds is 5. The molecule has 1 saturated heterocycles. The van der Waals surface area contributed by atoms with Crippen LogP contribution in [0.15, 0.2) is 12.4 Å². The number of ether oxygens (including phenoxy) is 1. The van der Waals surface area contributed by atoms with E-state index in [0.29, 0.717) is 0 Å². The number of morpholine rings is 1. The Bertz CT molecular complexity index is 340. The molecule has 0 radical (unpaired) electrons. The maximum atomic E-state index is 5.29. The molecule has 0 aliphatic carbocycles. The van der Waals surface area contributed by atoms with Crippen LogP contribution < -0.4 is 10.7 Å². The van der Waals surface area contributed by atoms with Crippen LogP contribution in [0.25, 0.3) is 0 Å². The van der Waals surface area contributed by atoms with Crippen molar-refractivity contribution in [2.24, 2.45) is 0 Å². The highest BCUT2D eigenvalue weighted by Gasteiger charge is 2.10. The van der Waals surface area contributed by atoms with Gasteiger partial charge in [-0.05, 0) is 6.42 Å². The number of aromatic nitrogens is 2. The first kappa shape index (κ1) is 12.1. The summed E-state index contributed by atoms with van der Waals surface area (Å²) in [5, 5.41) is 5.34. The minimum atomic E-state index is 0.763. The molecule has 2 N–H and O–H groups in total. The van der Waals surface area contributed by atoms with Crippen molar-refractivity contribution < 1.29 is 4.74 Å². The highest BCUT2D eigenvalue weighted by atomic mass is 16.5. The quantitative estimate of drug-likeness (QED) is 0.795. The highest BCUT2D eigenvalue weighted by molar-refractivity contribution is 5.45. The second-order valence-electron chi connectivity index (χ2n) is 3.93. The molecule has 2 rings (SSSR count). The number of nitrogens with zero attached hydrogens (tertiary/aromatic N) is 3. The van der Waals surface area contributed by atoms with Crippen molar-refractivity contribution in [2.75, 3.05) is 43.6 Å². The van der Waals surface area contributed by atoms with E-state index >= 15 is 0 Å². The van der Waals surface area contributed by atoms with E-state index in [1.807, 2.05) is 6.07 Å². The van der Waals surface area contributed by atoms with E-state index in [1.165, 1.54) is 0 Å². The van der Waals surface area contributed by atoms with E-state index in [9.17, 15) is 0 Å². The van der Waals surface area contributed by atoms with Gasteiger partial charge >= 0.3 is 0 Å². The third kappa shape index (κ3) is 3.83. The lowest BCUT2D eigenvalue weighted by Crippen LogP contribution is -2.40. The van der Waals surface area contributed by atoms with Crippen molar-refractivity contribution in [1.29, 1.82) is 0 Å². The van der Waals surface area contributed by atoms with E-state index < -0.39 is 0 Å². The van der Waals surface area contributed by atoms with Gasteiger partial charge in [0.25, 0.3) is 0 Å². The van der Waals surface area contributed by atoms with Gasteiger partial charge in [0.05, 0.1) is 13.2 Å². The van der Waals surface area contributed by atoms with Crippen molar-refractivity contribution in [3.8, 4) is 0 Å². The van der Waals surface area contributed by atoms with Gasteiger partial charge in [-0.15, -0.1) is 0 Å². The van der Waals surface area contributed by atoms with Crippen LogP contribution in [0.3, 0.4) is 0 Å². The van der Waals surface area contributed by atoms with Crippen molar-refractivity contribution in [3.05, 3.63) is 12.4 Å². The zero-order chi connectivity index (χ0) is 11.9. The lowest BCUT2D eigenvalue weighted by atomic mass is 10.4. The minimum Gasteiger partial charge on any atom is -0.379 e. The molecule has 6 nitrogen and oxygen atoms in total. The SMILES string of the molecule is CCCNc1cc(NN2CCOCC2)ncn1. The van der Waals surface area contributed by atoms with Crippen LogP contribution in [0.1, 0.15) is 13.3 Å². The van der Waals surface area contributed by atoms with E-state index in [0.717, 1.165) is 50.9 Å². The molecule has 0 aromatic carbocycles. The van der Waals surface area contributed by atoms with Crippen molar-refractivity contribution in [3.63, 3.8) is 0 Å². The Kier molecular flexibility index (Phi) is 4.52. The molecule has 0 bridgehead atoms. The van der Waals surface area contributed by atoms with Gasteiger partial charge in [-0.2, -0.15) is 0 Å². The van der Waals surface area contributed by atoms with E-state index in [2.05, 4.69) is 32.6 Å². The fraction of sp³-hybridized carbons (Fsp3) is 0.636. The van der Waals surface area contributed by atoms with Crippen molar-refractivity contribution in [2.45, 2.75) is 13.3 Å². The Balaban J connectivity index is 1.90. The van der Waals surface area contributed by atoms with Gasteiger partial charge in [-0.3, -0.25) is 0 Å². The number of nitrogens with one attached hydrogen (secondary N) is 2. The smallest absolute Gasteiger partial charge is 0.145 e. The van der Waals surface area contributed by atoms with E-state index in [1.54, 1.807) is 6.33 Å². The lowest BCUT2D eigenvalue weighted by molar-refractivity contribution is 0.0495. The molecule has 0 amide bonds. The topological polar surface area (TPSA) is 62.3 Å². The molecule has 0 saturated carbocycles. The van der Waals surface area contributed by atoms with Gasteiger partial charge in [0, 0.05) is 25.7 Å². The summed E-state index contributed by atoms with van der Waals surface area (Å²) in [6.07, 6.45) is 2.65. The standard InChI is InChI=1S/C11H19N5O/c1-2-3-12-10-8-11(14-9-13-10)15-16-4-6-17-7-5-16/h8-9H,2-7H2,1H3,(H2,12,13,14,15). The van der Waals surface area contributed by atoms with E-state index in [4.69, 9.17) is 4.74 Å². The molecule has 17 heavy (non-hydrogen) atoms. The molecule has 6 heteroatoms. The first-order valence-corrected chi connectivity index (χ1v) is 6.04. The van der Waals surface area contributed by atoms with Crippen molar-refractivity contribution >= 4 is 11.6 Å². The molecule has 1 aliphatic heterocycles. The Hall–Kier alpha value is -1.40. The Labute approximate surface area is 101 Å². The zero-order valence-corrected chi connectivity index (χ0v) is 10.1. The molecule has 1 aromatic heterocycles. The van der Waals surface area contributed by atoms with Gasteiger partial charge < -0.3 is 15.5 Å². The van der Waals surface area contributed by atoms with Crippen molar-refractivity contribution in [1.82, 2.24) is 15.0 Å². The maximum absolute atomic E-state index is 5.29. The molecule has 0 atom stereocenters. The van der Waals surface area contributed by atoms with Gasteiger partial charge in [0.1, 0.15) is 18.0 Å². The van der Waals surface area contributed by atoms with Crippen LogP contribution in [-0.4, -0.2) is 47.8 Å². The molecular formula is C11H19N5O. The fourth-order valence-electron chi connectivity index (χ4n) is 1.61. The van der Waals surface area contributed by atoms with Crippen LogP contribution in [-0.2, 0) is 4.74 Å². The Morgan fingerprint density at radius 3 is 2.82 bits per heavy atom. The first-order chi connectivity index (χ1) is 8.38. The summed E-state index contributed by atoms with van der Waals surface area (Å²) < 4.78 is 5.29. The largest absolute Gasteiger partial charge is 0.379 e. The van der Waals surface area contributed by atoms with Crippen LogP contribution in [0.5, 0.6) is 0 Å². The maximum Gasteiger partial charge on any atom is 0.145 e. The first-order valence-electron chi connectivity index (χ1n) is 6.04. The van der Waals surface area contributed by atoms with Gasteiger partial charge in [-0.1, -0.05) is 6.92 Å². The minimum absolute atomic E-state index is 0.763. The van der Waals surface area contributed by atoms with Gasteiger partial charge in [0.2, 0.25) is 0 Å². The van der Waals surface area contributed by atoms with Crippen LogP contribution >= 0.6 is 0 Å². The molecule has 2 heterocycles. The number of hydrazine groups is 1. The summed E-state index contributed by atoms with van der Waals surface area (Å²) in [5.41, 5.74) is 3.26. The van der Waals surface area contributed by atoms with Crippen LogP contribution in [0.4, 0.5) is 11.6 Å². The predicted molar refractivity (Wildman–Crippen MR) is 66.8 cm³/mol. The summed E-state index contributed by atoms with van der Waals surface area (Å²) in [6.45, 7) is 6.33. The average Bonchev–Trinajstić information content (AvgIpc) is 2.38. The summed E-state index contributed by atoms with van der Waals surface area (Å²) in [4.78, 5) is 8.36. The summed E-state index contributed by atoms with van der Waals surface area (Å²) in [7, 11) is 0. The Morgan fingerprint density at radius 2 is 2.06 bits per heavy atom. The fourth-order valence-corrected chi connectivity index (χ4v) is 1.61. The average molecular weight is 237 g/mol. The highest BCUT2D eigenvalue weighted by Crippen LogP contribution is 2.10. The monoisotopic (exact) mass is 237 g/mol. The summed E-state index contributed by atoms with van der Waals surface area (Å²) >= 11 is 0. The third-order valence-corrected chi connectivity index (χ3v) is 2.51. The second-order valence-corrected chi connectivity index (χ2v) is 3.93. The molecule has 0 spiro atoms. The summed E-state index contributed by atoms with van der Waals surface area (Å²) in [5.74, 6) is 1.68. The molecule has 1 fully saturated rings. The van der Waals surface area contributed by atoms with Crippen LogP contribution in [0, 0.1) is 0 Å². The zero-order valence-electron chi connectivity index (χ0n) is 10.1. The number of hydrogen-bond donors (Lipinski definition) is 2. The second kappa shape index (κ2) is 6.36. The summed E-state index contributed by atoms with van der Waals surface area (Å²) in [6, 6.07) is 1.92. The molecular weight excluding hydrogens is 218 g/mol. The van der Waals surface area contributed by atoms with Crippen LogP contribution in [0.2, 0.25) is 0 Å².